The third-order valence-electron chi connectivity index (χ3n) is 4.03. The quantitative estimate of drug-likeness (QED) is 0.688. The summed E-state index contributed by atoms with van der Waals surface area (Å²) < 4.78 is 14.3. The summed E-state index contributed by atoms with van der Waals surface area (Å²) in [5.74, 6) is -0.600. The highest BCUT2D eigenvalue weighted by molar-refractivity contribution is 5.95. The van der Waals surface area contributed by atoms with Gasteiger partial charge in [0.15, 0.2) is 0 Å². The minimum atomic E-state index is -0.356. The molecule has 0 aliphatic heterocycles. The highest BCUT2D eigenvalue weighted by Gasteiger charge is 2.21. The maximum absolute atomic E-state index is 13.0. The smallest absolute Gasteiger partial charge is 0.267 e. The topological polar surface area (TPSA) is 34.9 Å². The highest BCUT2D eigenvalue weighted by atomic mass is 19.1. The van der Waals surface area contributed by atoms with Crippen molar-refractivity contribution in [2.24, 2.45) is 0 Å². The molecule has 1 aromatic heterocycles. The molecule has 0 fully saturated rings. The second-order valence-electron chi connectivity index (χ2n) is 5.42. The van der Waals surface area contributed by atoms with Gasteiger partial charge in [-0.05, 0) is 48.2 Å². The normalized spacial score (nSPS) is 12.6. The first kappa shape index (κ1) is 13.0. The number of aryl methyl sites for hydroxylation is 2. The monoisotopic (exact) mass is 292 g/mol. The summed E-state index contributed by atoms with van der Waals surface area (Å²) in [6.45, 7) is 0. The van der Waals surface area contributed by atoms with Crippen molar-refractivity contribution in [1.82, 2.24) is 9.78 Å². The maximum atomic E-state index is 13.0. The third kappa shape index (κ3) is 2.04. The molecule has 1 aliphatic rings. The van der Waals surface area contributed by atoms with E-state index in [-0.39, 0.29) is 11.7 Å². The molecule has 3 nitrogen and oxygen atoms in total. The molecule has 0 bridgehead atoms. The molecule has 4 rings (SSSR count). The van der Waals surface area contributed by atoms with Crippen LogP contribution in [0.4, 0.5) is 4.39 Å². The van der Waals surface area contributed by atoms with Gasteiger partial charge in [0.25, 0.3) is 5.91 Å². The average molecular weight is 292 g/mol. The van der Waals surface area contributed by atoms with Crippen LogP contribution in [0.3, 0.4) is 0 Å². The molecule has 3 aromatic rings. The molecule has 0 saturated heterocycles. The Morgan fingerprint density at radius 2 is 1.73 bits per heavy atom. The van der Waals surface area contributed by atoms with Gasteiger partial charge in [-0.3, -0.25) is 4.79 Å². The van der Waals surface area contributed by atoms with Crippen molar-refractivity contribution in [1.29, 1.82) is 0 Å². The molecule has 4 heteroatoms. The molecule has 0 spiro atoms. The zero-order valence-corrected chi connectivity index (χ0v) is 11.8. The fourth-order valence-electron chi connectivity index (χ4n) is 2.89. The summed E-state index contributed by atoms with van der Waals surface area (Å²) >= 11 is 0. The largest absolute Gasteiger partial charge is 0.278 e. The molecule has 1 heterocycles. The molecule has 1 aliphatic carbocycles. The summed E-state index contributed by atoms with van der Waals surface area (Å²) in [5.41, 5.74) is 4.73. The van der Waals surface area contributed by atoms with Crippen molar-refractivity contribution in [2.75, 3.05) is 0 Å². The predicted octanol–water partition coefficient (Wildman–Crippen LogP) is 3.48. The highest BCUT2D eigenvalue weighted by Crippen LogP contribution is 2.32. The number of rotatable bonds is 1. The molecular weight excluding hydrogens is 279 g/mol. The molecule has 0 N–H and O–H groups in total. The van der Waals surface area contributed by atoms with Crippen LogP contribution in [-0.2, 0) is 12.8 Å². The first-order chi connectivity index (χ1) is 10.7. The molecule has 0 unspecified atom stereocenters. The van der Waals surface area contributed by atoms with Crippen LogP contribution >= 0.6 is 0 Å². The molecule has 0 atom stereocenters. The number of nitrogens with zero attached hydrogens (tertiary/aromatic N) is 2. The Morgan fingerprint density at radius 3 is 2.55 bits per heavy atom. The van der Waals surface area contributed by atoms with Gasteiger partial charge in [-0.15, -0.1) is 0 Å². The van der Waals surface area contributed by atoms with Crippen molar-refractivity contribution < 1.29 is 9.18 Å². The van der Waals surface area contributed by atoms with E-state index in [1.165, 1.54) is 34.5 Å². The van der Waals surface area contributed by atoms with Crippen molar-refractivity contribution >= 4 is 5.91 Å². The Bertz CT molecular complexity index is 865. The number of carbonyl (C=O) groups excluding carboxylic acids is 1. The van der Waals surface area contributed by atoms with Gasteiger partial charge in [-0.1, -0.05) is 24.3 Å². The number of halogens is 1. The van der Waals surface area contributed by atoms with Crippen LogP contribution in [0.25, 0.3) is 11.3 Å². The van der Waals surface area contributed by atoms with Gasteiger partial charge in [0, 0.05) is 17.3 Å². The van der Waals surface area contributed by atoms with Crippen LogP contribution in [0.1, 0.15) is 21.5 Å². The molecular formula is C18H13FN2O. The van der Waals surface area contributed by atoms with Crippen LogP contribution in [0.2, 0.25) is 0 Å². The molecule has 22 heavy (non-hydrogen) atoms. The van der Waals surface area contributed by atoms with Crippen molar-refractivity contribution in [3.8, 4) is 11.3 Å². The van der Waals surface area contributed by atoms with E-state index in [0.717, 1.165) is 29.7 Å². The number of carbonyl (C=O) groups is 1. The lowest BCUT2D eigenvalue weighted by atomic mass is 9.91. The zero-order chi connectivity index (χ0) is 15.1. The van der Waals surface area contributed by atoms with Crippen molar-refractivity contribution in [2.45, 2.75) is 12.8 Å². The lowest BCUT2D eigenvalue weighted by Crippen LogP contribution is -2.12. The Labute approximate surface area is 127 Å². The van der Waals surface area contributed by atoms with Gasteiger partial charge in [0.1, 0.15) is 5.82 Å². The predicted molar refractivity (Wildman–Crippen MR) is 81.2 cm³/mol. The number of fused-ring (bicyclic) bond motifs is 3. The van der Waals surface area contributed by atoms with Gasteiger partial charge in [0.2, 0.25) is 0 Å². The first-order valence-corrected chi connectivity index (χ1v) is 7.19. The van der Waals surface area contributed by atoms with Gasteiger partial charge in [-0.2, -0.15) is 5.10 Å². The van der Waals surface area contributed by atoms with E-state index in [2.05, 4.69) is 11.2 Å². The zero-order valence-electron chi connectivity index (χ0n) is 11.8. The molecule has 108 valence electrons. The van der Waals surface area contributed by atoms with E-state index in [9.17, 15) is 9.18 Å². The molecule has 0 radical (unpaired) electrons. The second kappa shape index (κ2) is 4.91. The first-order valence-electron chi connectivity index (χ1n) is 7.19. The number of aromatic nitrogens is 2. The lowest BCUT2D eigenvalue weighted by molar-refractivity contribution is 0.0945. The summed E-state index contributed by atoms with van der Waals surface area (Å²) in [6.07, 6.45) is 3.62. The minimum absolute atomic E-state index is 0.244. The van der Waals surface area contributed by atoms with E-state index in [1.807, 2.05) is 18.2 Å². The van der Waals surface area contributed by atoms with Crippen LogP contribution < -0.4 is 0 Å². The summed E-state index contributed by atoms with van der Waals surface area (Å²) in [7, 11) is 0. The Morgan fingerprint density at radius 1 is 1.00 bits per heavy atom. The molecule has 0 amide bonds. The van der Waals surface area contributed by atoms with Crippen molar-refractivity contribution in [3.63, 3.8) is 0 Å². The fraction of sp³-hybridized carbons (Fsp3) is 0.111. The van der Waals surface area contributed by atoms with Gasteiger partial charge < -0.3 is 0 Å². The van der Waals surface area contributed by atoms with E-state index in [4.69, 9.17) is 0 Å². The average Bonchev–Trinajstić information content (AvgIpc) is 2.99. The molecule has 2 aromatic carbocycles. The summed E-state index contributed by atoms with van der Waals surface area (Å²) in [4.78, 5) is 12.5. The van der Waals surface area contributed by atoms with E-state index >= 15 is 0 Å². The number of hydrogen-bond acceptors (Lipinski definition) is 2. The summed E-state index contributed by atoms with van der Waals surface area (Å²) in [6, 6.07) is 13.7. The van der Waals surface area contributed by atoms with Gasteiger partial charge >= 0.3 is 0 Å². The Kier molecular flexibility index (Phi) is 2.89. The second-order valence-corrected chi connectivity index (χ2v) is 5.42. The van der Waals surface area contributed by atoms with Crippen molar-refractivity contribution in [3.05, 3.63) is 77.2 Å². The number of benzene rings is 2. The van der Waals surface area contributed by atoms with Gasteiger partial charge in [0.05, 0.1) is 5.69 Å². The van der Waals surface area contributed by atoms with E-state index in [0.29, 0.717) is 5.56 Å². The minimum Gasteiger partial charge on any atom is -0.267 e. The van der Waals surface area contributed by atoms with Gasteiger partial charge in [-0.25, -0.2) is 9.07 Å². The third-order valence-corrected chi connectivity index (χ3v) is 4.03. The fourth-order valence-corrected chi connectivity index (χ4v) is 2.89. The Hall–Kier alpha value is -2.75. The van der Waals surface area contributed by atoms with Crippen LogP contribution in [0.5, 0.6) is 0 Å². The number of hydrogen-bond donors (Lipinski definition) is 0. The Balaban J connectivity index is 1.76. The van der Waals surface area contributed by atoms with Crippen LogP contribution in [0.15, 0.2) is 54.7 Å². The van der Waals surface area contributed by atoms with E-state index < -0.39 is 0 Å². The lowest BCUT2D eigenvalue weighted by Gasteiger charge is -2.13. The maximum Gasteiger partial charge on any atom is 0.278 e. The van der Waals surface area contributed by atoms with E-state index in [1.54, 1.807) is 6.20 Å². The van der Waals surface area contributed by atoms with Crippen LogP contribution in [-0.4, -0.2) is 15.7 Å². The van der Waals surface area contributed by atoms with Crippen LogP contribution in [0, 0.1) is 5.82 Å². The summed E-state index contributed by atoms with van der Waals surface area (Å²) in [5, 5.41) is 4.46. The molecule has 0 saturated carbocycles. The SMILES string of the molecule is O=C(c1ccc(F)cc1)n1cc2c(n1)-c1ccccc1CC2. The standard InChI is InChI=1S/C18H13FN2O/c19-15-9-7-13(8-10-15)18(22)21-11-14-6-5-12-3-1-2-4-16(12)17(14)20-21/h1-4,7-11H,5-6H2.